The minimum atomic E-state index is -0.00153. The van der Waals surface area contributed by atoms with Gasteiger partial charge < -0.3 is 9.73 Å². The molecule has 0 fully saturated rings. The molecule has 1 aromatic heterocycles. The van der Waals surface area contributed by atoms with Crippen LogP contribution in [0.1, 0.15) is 30.5 Å². The highest BCUT2D eigenvalue weighted by Gasteiger charge is 2.35. The lowest BCUT2D eigenvalue weighted by atomic mass is 9.82. The summed E-state index contributed by atoms with van der Waals surface area (Å²) in [5.41, 5.74) is 12.1. The number of nitrogens with one attached hydrogen (secondary N) is 1. The quantitative estimate of drug-likeness (QED) is 0.281. The molecule has 1 N–H and O–H groups in total. The number of benzene rings is 5. The van der Waals surface area contributed by atoms with Crippen LogP contribution in [-0.4, -0.2) is 0 Å². The molecule has 0 spiro atoms. The molecule has 2 heteroatoms. The third-order valence-electron chi connectivity index (χ3n) is 7.78. The summed E-state index contributed by atoms with van der Waals surface area (Å²) in [4.78, 5) is 0. The largest absolute Gasteiger partial charge is 0.455 e. The molecule has 1 heterocycles. The summed E-state index contributed by atoms with van der Waals surface area (Å²) in [7, 11) is 0. The molecule has 0 aliphatic heterocycles. The van der Waals surface area contributed by atoms with E-state index in [9.17, 15) is 0 Å². The van der Waals surface area contributed by atoms with Crippen molar-refractivity contribution in [1.82, 2.24) is 0 Å². The van der Waals surface area contributed by atoms with Gasteiger partial charge in [-0.25, -0.2) is 0 Å². The third kappa shape index (κ3) is 3.11. The maximum absolute atomic E-state index is 6.34. The lowest BCUT2D eigenvalue weighted by molar-refractivity contribution is 0.660. The molecule has 7 rings (SSSR count). The number of hydrogen-bond donors (Lipinski definition) is 1. The molecule has 0 bridgehead atoms. The molecule has 5 aromatic carbocycles. The zero-order chi connectivity index (χ0) is 24.3. The molecule has 36 heavy (non-hydrogen) atoms. The Bertz CT molecular complexity index is 1770. The van der Waals surface area contributed by atoms with Gasteiger partial charge in [0.1, 0.15) is 11.2 Å². The van der Waals surface area contributed by atoms with Gasteiger partial charge in [0.25, 0.3) is 0 Å². The summed E-state index contributed by atoms with van der Waals surface area (Å²) in [6.45, 7) is 5.38. The van der Waals surface area contributed by atoms with E-state index in [-0.39, 0.29) is 5.41 Å². The Morgan fingerprint density at radius 1 is 0.611 bits per heavy atom. The van der Waals surface area contributed by atoms with E-state index in [2.05, 4.69) is 116 Å². The van der Waals surface area contributed by atoms with Gasteiger partial charge in [0.15, 0.2) is 0 Å². The van der Waals surface area contributed by atoms with Gasteiger partial charge in [-0.3, -0.25) is 0 Å². The normalized spacial score (nSPS) is 13.6. The number of fused-ring (bicyclic) bond motifs is 6. The monoisotopic (exact) mass is 465 g/mol. The summed E-state index contributed by atoms with van der Waals surface area (Å²) in [5, 5.41) is 6.03. The summed E-state index contributed by atoms with van der Waals surface area (Å²) in [6.07, 6.45) is 0. The fraction of sp³-hybridized carbons (Fsp3) is 0.118. The van der Waals surface area contributed by atoms with Crippen molar-refractivity contribution in [2.45, 2.75) is 25.8 Å². The molecular formula is C34H27NO. The molecule has 174 valence electrons. The maximum atomic E-state index is 6.34. The average Bonchev–Trinajstić information content (AvgIpc) is 3.41. The minimum Gasteiger partial charge on any atom is -0.455 e. The zero-order valence-corrected chi connectivity index (χ0v) is 20.5. The molecule has 0 amide bonds. The second-order valence-electron chi connectivity index (χ2n) is 10.2. The fourth-order valence-corrected chi connectivity index (χ4v) is 5.91. The Hall–Kier alpha value is -4.30. The summed E-state index contributed by atoms with van der Waals surface area (Å²) in [5.74, 6) is 0. The van der Waals surface area contributed by atoms with Crippen molar-refractivity contribution in [1.29, 1.82) is 0 Å². The summed E-state index contributed by atoms with van der Waals surface area (Å²) < 4.78 is 6.34. The first kappa shape index (κ1) is 21.0. The lowest BCUT2D eigenvalue weighted by Crippen LogP contribution is -2.15. The molecule has 6 aromatic rings. The predicted octanol–water partition coefficient (Wildman–Crippen LogP) is 9.17. The Morgan fingerprint density at radius 2 is 1.31 bits per heavy atom. The molecule has 0 atom stereocenters. The van der Waals surface area contributed by atoms with Gasteiger partial charge in [-0.15, -0.1) is 0 Å². The van der Waals surface area contributed by atoms with E-state index >= 15 is 0 Å². The summed E-state index contributed by atoms with van der Waals surface area (Å²) in [6, 6.07) is 38.9. The van der Waals surface area contributed by atoms with Crippen LogP contribution in [0.15, 0.2) is 114 Å². The predicted molar refractivity (Wildman–Crippen MR) is 150 cm³/mol. The Labute approximate surface area is 211 Å². The van der Waals surface area contributed by atoms with Crippen LogP contribution in [0.25, 0.3) is 44.2 Å². The zero-order valence-electron chi connectivity index (χ0n) is 20.5. The highest BCUT2D eigenvalue weighted by Crippen LogP contribution is 2.49. The molecule has 0 saturated carbocycles. The van der Waals surface area contributed by atoms with E-state index in [1.54, 1.807) is 0 Å². The van der Waals surface area contributed by atoms with Gasteiger partial charge in [-0.05, 0) is 51.6 Å². The van der Waals surface area contributed by atoms with E-state index in [0.717, 1.165) is 39.7 Å². The SMILES string of the molecule is CC1(C)c2ccccc2-c2ccc(NCc3ccccc3-c3cccc4c3oc3ccccc34)cc21. The molecule has 2 nitrogen and oxygen atoms in total. The van der Waals surface area contributed by atoms with Crippen LogP contribution >= 0.6 is 0 Å². The van der Waals surface area contributed by atoms with Crippen LogP contribution in [0.5, 0.6) is 0 Å². The van der Waals surface area contributed by atoms with Crippen molar-refractivity contribution in [3.8, 4) is 22.3 Å². The average molecular weight is 466 g/mol. The molecular weight excluding hydrogens is 438 g/mol. The lowest BCUT2D eigenvalue weighted by Gasteiger charge is -2.22. The van der Waals surface area contributed by atoms with Crippen molar-refractivity contribution in [2.24, 2.45) is 0 Å². The van der Waals surface area contributed by atoms with E-state index in [0.29, 0.717) is 0 Å². The molecule has 0 unspecified atom stereocenters. The second kappa shape index (κ2) is 7.86. The summed E-state index contributed by atoms with van der Waals surface area (Å²) >= 11 is 0. The first-order valence-corrected chi connectivity index (χ1v) is 12.6. The number of para-hydroxylation sites is 2. The fourth-order valence-electron chi connectivity index (χ4n) is 5.91. The van der Waals surface area contributed by atoms with Crippen molar-refractivity contribution >= 4 is 27.6 Å². The van der Waals surface area contributed by atoms with Gasteiger partial charge in [0.05, 0.1) is 0 Å². The molecule has 0 saturated heterocycles. The Kier molecular flexibility index (Phi) is 4.59. The number of furan rings is 1. The first-order chi connectivity index (χ1) is 17.6. The van der Waals surface area contributed by atoms with Gasteiger partial charge >= 0.3 is 0 Å². The highest BCUT2D eigenvalue weighted by molar-refractivity contribution is 6.09. The van der Waals surface area contributed by atoms with Crippen molar-refractivity contribution in [3.63, 3.8) is 0 Å². The van der Waals surface area contributed by atoms with Crippen LogP contribution < -0.4 is 5.32 Å². The Balaban J connectivity index is 1.24. The highest BCUT2D eigenvalue weighted by atomic mass is 16.3. The number of hydrogen-bond acceptors (Lipinski definition) is 2. The van der Waals surface area contributed by atoms with Gasteiger partial charge in [0, 0.05) is 34.0 Å². The van der Waals surface area contributed by atoms with E-state index in [1.807, 2.05) is 12.1 Å². The second-order valence-corrected chi connectivity index (χ2v) is 10.2. The molecule has 0 radical (unpaired) electrons. The first-order valence-electron chi connectivity index (χ1n) is 12.6. The van der Waals surface area contributed by atoms with Crippen LogP contribution in [0.4, 0.5) is 5.69 Å². The van der Waals surface area contributed by atoms with E-state index < -0.39 is 0 Å². The standard InChI is InChI=1S/C34H27NO/c1-34(2)30-16-7-5-12-25(30)26-19-18-23(20-31(26)34)35-21-22-10-3-4-11-24(22)28-14-9-15-29-27-13-6-8-17-32(27)36-33(28)29/h3-20,35H,21H2,1-2H3. The minimum absolute atomic E-state index is 0.00153. The van der Waals surface area contributed by atoms with Crippen LogP contribution in [0.2, 0.25) is 0 Å². The van der Waals surface area contributed by atoms with Crippen LogP contribution in [0, 0.1) is 0 Å². The van der Waals surface area contributed by atoms with Crippen LogP contribution in [-0.2, 0) is 12.0 Å². The Morgan fingerprint density at radius 3 is 2.22 bits per heavy atom. The number of anilines is 1. The number of rotatable bonds is 4. The van der Waals surface area contributed by atoms with E-state index in [4.69, 9.17) is 4.42 Å². The topological polar surface area (TPSA) is 25.2 Å². The molecule has 1 aliphatic carbocycles. The smallest absolute Gasteiger partial charge is 0.143 e. The van der Waals surface area contributed by atoms with E-state index in [1.165, 1.54) is 33.4 Å². The van der Waals surface area contributed by atoms with Crippen molar-refractivity contribution in [3.05, 3.63) is 126 Å². The maximum Gasteiger partial charge on any atom is 0.143 e. The third-order valence-corrected chi connectivity index (χ3v) is 7.78. The van der Waals surface area contributed by atoms with Crippen molar-refractivity contribution in [2.75, 3.05) is 5.32 Å². The molecule has 1 aliphatic rings. The van der Waals surface area contributed by atoms with Gasteiger partial charge in [-0.1, -0.05) is 105 Å². The van der Waals surface area contributed by atoms with Crippen molar-refractivity contribution < 1.29 is 4.42 Å². The van der Waals surface area contributed by atoms with Crippen LogP contribution in [0.3, 0.4) is 0 Å². The van der Waals surface area contributed by atoms with Gasteiger partial charge in [-0.2, -0.15) is 0 Å². The van der Waals surface area contributed by atoms with Gasteiger partial charge in [0.2, 0.25) is 0 Å².